The second kappa shape index (κ2) is 6.35. The SMILES string of the molecule is Cn1cc(-c2cc3c(-c4cc5c(-c6ccccn6)ccnc5[nH]4)n[nH]c3cn2)cn1. The molecular weight excluding hydrogens is 376 g/mol. The number of hydrogen-bond acceptors (Lipinski definition) is 5. The zero-order chi connectivity index (χ0) is 20.1. The number of nitrogens with zero attached hydrogens (tertiary/aromatic N) is 6. The molecule has 0 spiro atoms. The van der Waals surface area contributed by atoms with Gasteiger partial charge < -0.3 is 4.98 Å². The summed E-state index contributed by atoms with van der Waals surface area (Å²) >= 11 is 0. The highest BCUT2D eigenvalue weighted by molar-refractivity contribution is 5.99. The van der Waals surface area contributed by atoms with Crippen molar-refractivity contribution in [2.75, 3.05) is 0 Å². The first-order valence-corrected chi connectivity index (χ1v) is 9.49. The van der Waals surface area contributed by atoms with Crippen LogP contribution in [0.25, 0.3) is 55.8 Å². The molecule has 0 saturated carbocycles. The molecule has 6 heterocycles. The van der Waals surface area contributed by atoms with E-state index in [0.29, 0.717) is 0 Å². The lowest BCUT2D eigenvalue weighted by molar-refractivity contribution is 0.768. The Morgan fingerprint density at radius 3 is 2.70 bits per heavy atom. The highest BCUT2D eigenvalue weighted by Crippen LogP contribution is 2.33. The molecule has 6 aromatic heterocycles. The van der Waals surface area contributed by atoms with Gasteiger partial charge in [0, 0.05) is 47.5 Å². The van der Waals surface area contributed by atoms with Gasteiger partial charge >= 0.3 is 0 Å². The van der Waals surface area contributed by atoms with Crippen molar-refractivity contribution >= 4 is 21.9 Å². The molecule has 0 amide bonds. The molecule has 8 heteroatoms. The predicted molar refractivity (Wildman–Crippen MR) is 114 cm³/mol. The van der Waals surface area contributed by atoms with Crippen LogP contribution in [0.3, 0.4) is 0 Å². The van der Waals surface area contributed by atoms with Gasteiger partial charge in [-0.15, -0.1) is 0 Å². The summed E-state index contributed by atoms with van der Waals surface area (Å²) < 4.78 is 1.76. The van der Waals surface area contributed by atoms with Crippen molar-refractivity contribution < 1.29 is 0 Å². The molecule has 144 valence electrons. The van der Waals surface area contributed by atoms with E-state index in [1.807, 2.05) is 43.6 Å². The van der Waals surface area contributed by atoms with Gasteiger partial charge in [0.05, 0.1) is 35.0 Å². The Kier molecular flexibility index (Phi) is 3.51. The van der Waals surface area contributed by atoms with Crippen molar-refractivity contribution in [1.82, 2.24) is 39.9 Å². The van der Waals surface area contributed by atoms with Gasteiger partial charge in [0.2, 0.25) is 0 Å². The summed E-state index contributed by atoms with van der Waals surface area (Å²) in [6.07, 6.45) is 9.14. The van der Waals surface area contributed by atoms with Gasteiger partial charge in [-0.25, -0.2) is 4.98 Å². The molecule has 0 bridgehead atoms. The van der Waals surface area contributed by atoms with Gasteiger partial charge in [-0.3, -0.25) is 19.7 Å². The second-order valence-corrected chi connectivity index (χ2v) is 7.11. The summed E-state index contributed by atoms with van der Waals surface area (Å²) in [5.74, 6) is 0. The molecule has 30 heavy (non-hydrogen) atoms. The number of aryl methyl sites for hydroxylation is 1. The van der Waals surface area contributed by atoms with E-state index in [-0.39, 0.29) is 0 Å². The van der Waals surface area contributed by atoms with Crippen molar-refractivity contribution in [3.05, 3.63) is 67.4 Å². The topological polar surface area (TPSA) is 101 Å². The fourth-order valence-electron chi connectivity index (χ4n) is 3.73. The van der Waals surface area contributed by atoms with Crippen LogP contribution in [0.5, 0.6) is 0 Å². The zero-order valence-corrected chi connectivity index (χ0v) is 16.0. The van der Waals surface area contributed by atoms with Crippen molar-refractivity contribution in [1.29, 1.82) is 0 Å². The quantitative estimate of drug-likeness (QED) is 0.475. The van der Waals surface area contributed by atoms with Gasteiger partial charge in [0.1, 0.15) is 11.3 Å². The number of aromatic amines is 2. The maximum atomic E-state index is 4.54. The first-order valence-electron chi connectivity index (χ1n) is 9.49. The van der Waals surface area contributed by atoms with E-state index in [9.17, 15) is 0 Å². The molecule has 2 N–H and O–H groups in total. The van der Waals surface area contributed by atoms with Gasteiger partial charge in [-0.05, 0) is 30.3 Å². The molecule has 0 aliphatic rings. The standard InChI is InChI=1S/C22H16N8/c1-30-12-13(10-26-30)18-9-16-20(11-25-18)28-29-21(16)19-8-15-14(5-7-24-22(15)27-19)17-4-2-3-6-23-17/h2-12H,1H3,(H,24,27)(H,28,29). The maximum Gasteiger partial charge on any atom is 0.138 e. The second-order valence-electron chi connectivity index (χ2n) is 7.11. The number of H-pyrrole nitrogens is 2. The monoisotopic (exact) mass is 392 g/mol. The Balaban J connectivity index is 1.52. The molecule has 0 fully saturated rings. The summed E-state index contributed by atoms with van der Waals surface area (Å²) in [6, 6.07) is 12.0. The molecule has 0 saturated heterocycles. The Hall–Kier alpha value is -4.33. The fourth-order valence-corrected chi connectivity index (χ4v) is 3.73. The minimum Gasteiger partial charge on any atom is -0.338 e. The van der Waals surface area contributed by atoms with Gasteiger partial charge in [0.25, 0.3) is 0 Å². The Bertz CT molecular complexity index is 1510. The summed E-state index contributed by atoms with van der Waals surface area (Å²) in [7, 11) is 1.89. The van der Waals surface area contributed by atoms with Crippen molar-refractivity contribution in [3.63, 3.8) is 0 Å². The third kappa shape index (κ3) is 2.58. The lowest BCUT2D eigenvalue weighted by atomic mass is 10.1. The zero-order valence-electron chi connectivity index (χ0n) is 16.0. The van der Waals surface area contributed by atoms with Crippen LogP contribution in [0.1, 0.15) is 0 Å². The Morgan fingerprint density at radius 1 is 0.900 bits per heavy atom. The van der Waals surface area contributed by atoms with Gasteiger partial charge in [-0.2, -0.15) is 10.2 Å². The van der Waals surface area contributed by atoms with E-state index < -0.39 is 0 Å². The number of hydrogen-bond donors (Lipinski definition) is 2. The minimum absolute atomic E-state index is 0.797. The van der Waals surface area contributed by atoms with Crippen LogP contribution in [0.4, 0.5) is 0 Å². The van der Waals surface area contributed by atoms with E-state index in [2.05, 4.69) is 41.3 Å². The fraction of sp³-hybridized carbons (Fsp3) is 0.0455. The van der Waals surface area contributed by atoms with Crippen LogP contribution < -0.4 is 0 Å². The van der Waals surface area contributed by atoms with Crippen LogP contribution >= 0.6 is 0 Å². The van der Waals surface area contributed by atoms with Crippen LogP contribution in [0, 0.1) is 0 Å². The lowest BCUT2D eigenvalue weighted by Gasteiger charge is -2.00. The van der Waals surface area contributed by atoms with Crippen LogP contribution in [0.2, 0.25) is 0 Å². The molecule has 0 aliphatic carbocycles. The van der Waals surface area contributed by atoms with E-state index in [1.54, 1.807) is 29.5 Å². The number of aromatic nitrogens is 8. The molecule has 0 radical (unpaired) electrons. The van der Waals surface area contributed by atoms with E-state index in [0.717, 1.165) is 55.8 Å². The smallest absolute Gasteiger partial charge is 0.138 e. The normalized spacial score (nSPS) is 11.5. The van der Waals surface area contributed by atoms with E-state index in [4.69, 9.17) is 0 Å². The maximum absolute atomic E-state index is 4.54. The summed E-state index contributed by atoms with van der Waals surface area (Å²) in [4.78, 5) is 16.9. The molecular formula is C22H16N8. The first-order chi connectivity index (χ1) is 14.8. The minimum atomic E-state index is 0.797. The number of fused-ring (bicyclic) bond motifs is 2. The molecule has 0 unspecified atom stereocenters. The third-order valence-electron chi connectivity index (χ3n) is 5.18. The average Bonchev–Trinajstić information content (AvgIpc) is 3.50. The Labute approximate surface area is 170 Å². The highest BCUT2D eigenvalue weighted by Gasteiger charge is 2.15. The van der Waals surface area contributed by atoms with E-state index in [1.165, 1.54) is 0 Å². The van der Waals surface area contributed by atoms with Crippen molar-refractivity contribution in [2.45, 2.75) is 0 Å². The third-order valence-corrected chi connectivity index (χ3v) is 5.18. The molecule has 6 rings (SSSR count). The molecule has 6 aromatic rings. The molecule has 0 atom stereocenters. The predicted octanol–water partition coefficient (Wildman–Crippen LogP) is 3.96. The van der Waals surface area contributed by atoms with Crippen LogP contribution in [0.15, 0.2) is 67.4 Å². The molecule has 0 aliphatic heterocycles. The summed E-state index contributed by atoms with van der Waals surface area (Å²) in [5.41, 5.74) is 7.12. The average molecular weight is 392 g/mol. The molecule has 8 nitrogen and oxygen atoms in total. The first kappa shape index (κ1) is 16.6. The van der Waals surface area contributed by atoms with Crippen molar-refractivity contribution in [3.8, 4) is 33.9 Å². The molecule has 0 aromatic carbocycles. The van der Waals surface area contributed by atoms with Crippen molar-refractivity contribution in [2.24, 2.45) is 7.05 Å². The lowest BCUT2D eigenvalue weighted by Crippen LogP contribution is -1.85. The largest absolute Gasteiger partial charge is 0.338 e. The Morgan fingerprint density at radius 2 is 1.87 bits per heavy atom. The summed E-state index contributed by atoms with van der Waals surface area (Å²) in [5, 5.41) is 13.8. The summed E-state index contributed by atoms with van der Waals surface area (Å²) in [6.45, 7) is 0. The van der Waals surface area contributed by atoms with Crippen LogP contribution in [-0.4, -0.2) is 39.9 Å². The van der Waals surface area contributed by atoms with Gasteiger partial charge in [0.15, 0.2) is 0 Å². The van der Waals surface area contributed by atoms with Gasteiger partial charge in [-0.1, -0.05) is 6.07 Å². The van der Waals surface area contributed by atoms with Crippen LogP contribution in [-0.2, 0) is 7.05 Å². The van der Waals surface area contributed by atoms with E-state index >= 15 is 0 Å². The number of nitrogens with one attached hydrogen (secondary N) is 2. The number of rotatable bonds is 3. The highest BCUT2D eigenvalue weighted by atomic mass is 15.2. The number of pyridine rings is 3.